The Bertz CT molecular complexity index is 686. The van der Waals surface area contributed by atoms with E-state index in [2.05, 4.69) is 4.98 Å². The minimum absolute atomic E-state index is 0.00251. The predicted molar refractivity (Wildman–Crippen MR) is 83.6 cm³/mol. The Kier molecular flexibility index (Phi) is 5.32. The molecule has 0 spiro atoms. The van der Waals surface area contributed by atoms with Crippen LogP contribution in [0.1, 0.15) is 27.0 Å². The normalized spacial score (nSPS) is 26.5. The van der Waals surface area contributed by atoms with Gasteiger partial charge in [-0.1, -0.05) is 0 Å². The molecule has 1 aromatic rings. The van der Waals surface area contributed by atoms with Gasteiger partial charge < -0.3 is 25.4 Å². The van der Waals surface area contributed by atoms with Crippen LogP contribution < -0.4 is 11.4 Å². The molecular weight excluding hydrogens is 336 g/mol. The van der Waals surface area contributed by atoms with Crippen molar-refractivity contribution in [3.63, 3.8) is 0 Å². The lowest BCUT2D eigenvalue weighted by atomic mass is 10.1. The van der Waals surface area contributed by atoms with E-state index in [9.17, 15) is 25.0 Å². The molecule has 5 N–H and O–H groups in total. The number of hydroxylamine groups is 2. The Morgan fingerprint density at radius 3 is 2.64 bits per heavy atom. The van der Waals surface area contributed by atoms with E-state index in [0.717, 1.165) is 4.57 Å². The lowest BCUT2D eigenvalue weighted by Gasteiger charge is -2.25. The molecule has 2 rings (SSSR count). The molecule has 11 heteroatoms. The van der Waals surface area contributed by atoms with Crippen molar-refractivity contribution in [2.45, 2.75) is 50.9 Å². The number of rotatable bonds is 3. The molecule has 1 aliphatic rings. The van der Waals surface area contributed by atoms with Gasteiger partial charge in [-0.3, -0.25) is 9.77 Å². The monoisotopic (exact) mass is 358 g/mol. The Balaban J connectivity index is 2.09. The maximum atomic E-state index is 11.8. The molecule has 0 aliphatic carbocycles. The second kappa shape index (κ2) is 6.96. The van der Waals surface area contributed by atoms with Gasteiger partial charge in [0.05, 0.1) is 6.54 Å². The van der Waals surface area contributed by atoms with E-state index in [0.29, 0.717) is 0 Å². The van der Waals surface area contributed by atoms with Crippen molar-refractivity contribution >= 4 is 11.9 Å². The van der Waals surface area contributed by atoms with Gasteiger partial charge in [0.15, 0.2) is 6.23 Å². The van der Waals surface area contributed by atoms with Gasteiger partial charge >= 0.3 is 11.8 Å². The van der Waals surface area contributed by atoms with Gasteiger partial charge in [0.2, 0.25) is 0 Å². The molecule has 0 aromatic carbocycles. The first-order valence-electron chi connectivity index (χ1n) is 7.55. The Morgan fingerprint density at radius 1 is 1.44 bits per heavy atom. The van der Waals surface area contributed by atoms with E-state index in [4.69, 9.17) is 15.2 Å². The van der Waals surface area contributed by atoms with Gasteiger partial charge in [-0.25, -0.2) is 9.59 Å². The molecule has 2 heterocycles. The summed E-state index contributed by atoms with van der Waals surface area (Å²) >= 11 is 0. The number of ether oxygens (including phenoxy) is 2. The highest BCUT2D eigenvalue weighted by molar-refractivity contribution is 5.66. The summed E-state index contributed by atoms with van der Waals surface area (Å²) in [4.78, 5) is 27.1. The van der Waals surface area contributed by atoms with Crippen molar-refractivity contribution < 1.29 is 29.7 Å². The minimum Gasteiger partial charge on any atom is -0.442 e. The van der Waals surface area contributed by atoms with Gasteiger partial charge in [-0.15, -0.1) is 0 Å². The number of aromatic nitrogens is 2. The van der Waals surface area contributed by atoms with Gasteiger partial charge in [-0.05, 0) is 26.8 Å². The molecule has 1 amide bonds. The first-order chi connectivity index (χ1) is 11.5. The third-order valence-corrected chi connectivity index (χ3v) is 3.42. The van der Waals surface area contributed by atoms with Gasteiger partial charge in [0.25, 0.3) is 0 Å². The number of amides is 1. The number of nitrogen functional groups attached to an aromatic ring is 1. The summed E-state index contributed by atoms with van der Waals surface area (Å²) in [6, 6.07) is 1.33. The smallest absolute Gasteiger partial charge is 0.434 e. The fourth-order valence-corrected chi connectivity index (χ4v) is 2.29. The minimum atomic E-state index is -1.47. The van der Waals surface area contributed by atoms with Crippen LogP contribution in [-0.4, -0.2) is 66.6 Å². The number of carbonyl (C=O) groups excluding carboxylic acids is 1. The highest BCUT2D eigenvalue weighted by atomic mass is 16.6. The van der Waals surface area contributed by atoms with Crippen molar-refractivity contribution in [1.29, 1.82) is 0 Å². The van der Waals surface area contributed by atoms with Gasteiger partial charge in [0.1, 0.15) is 29.7 Å². The lowest BCUT2D eigenvalue weighted by Crippen LogP contribution is -2.43. The summed E-state index contributed by atoms with van der Waals surface area (Å²) in [5, 5.41) is 30.2. The summed E-state index contributed by atoms with van der Waals surface area (Å²) in [6.07, 6.45) is -5.09. The van der Waals surface area contributed by atoms with E-state index in [1.54, 1.807) is 20.8 Å². The van der Waals surface area contributed by atoms with Crippen LogP contribution in [-0.2, 0) is 9.47 Å². The van der Waals surface area contributed by atoms with E-state index >= 15 is 0 Å². The predicted octanol–water partition coefficient (Wildman–Crippen LogP) is -0.929. The molecular formula is C14H22N4O7. The van der Waals surface area contributed by atoms with Crippen LogP contribution in [0.25, 0.3) is 0 Å². The second-order valence-electron chi connectivity index (χ2n) is 6.65. The number of nitrogens with two attached hydrogens (primary N) is 1. The van der Waals surface area contributed by atoms with Crippen LogP contribution in [0, 0.1) is 0 Å². The number of aliphatic hydroxyl groups is 2. The molecule has 0 radical (unpaired) electrons. The number of hydrogen-bond acceptors (Lipinski definition) is 9. The standard InChI is InChI=1S/C14H22N4O7/c1-14(2,3)25-13(22)18(23)6-7-9(19)10(20)11(24-7)17-5-4-8(15)16-12(17)21/h4-5,7,9-11,19-20,23H,6H2,1-3H3,(H2,15,16,21)/t7-,9-,10-,11-/m1/s1. The number of hydrogen-bond donors (Lipinski definition) is 4. The van der Waals surface area contributed by atoms with Gasteiger partial charge in [0, 0.05) is 6.20 Å². The van der Waals surface area contributed by atoms with E-state index in [1.165, 1.54) is 12.3 Å². The third kappa shape index (κ3) is 4.45. The molecule has 0 unspecified atom stereocenters. The molecule has 25 heavy (non-hydrogen) atoms. The summed E-state index contributed by atoms with van der Waals surface area (Å²) in [6.45, 7) is 4.40. The molecule has 1 saturated heterocycles. The average Bonchev–Trinajstić information content (AvgIpc) is 2.74. The molecule has 4 atom stereocenters. The highest BCUT2D eigenvalue weighted by Crippen LogP contribution is 2.29. The lowest BCUT2D eigenvalue weighted by molar-refractivity contribution is -0.129. The molecule has 11 nitrogen and oxygen atoms in total. The third-order valence-electron chi connectivity index (χ3n) is 3.42. The van der Waals surface area contributed by atoms with Crippen LogP contribution in [0.3, 0.4) is 0 Å². The highest BCUT2D eigenvalue weighted by Gasteiger charge is 2.45. The van der Waals surface area contributed by atoms with Crippen LogP contribution >= 0.6 is 0 Å². The van der Waals surface area contributed by atoms with Crippen molar-refractivity contribution in [3.05, 3.63) is 22.7 Å². The molecule has 0 saturated carbocycles. The zero-order chi connectivity index (χ0) is 18.9. The molecule has 140 valence electrons. The van der Waals surface area contributed by atoms with E-state index in [1.807, 2.05) is 0 Å². The Hall–Kier alpha value is -2.21. The summed E-state index contributed by atoms with van der Waals surface area (Å²) < 4.78 is 11.3. The van der Waals surface area contributed by atoms with Gasteiger partial charge in [-0.2, -0.15) is 10.0 Å². The average molecular weight is 358 g/mol. The maximum absolute atomic E-state index is 11.8. The van der Waals surface area contributed by atoms with Crippen LogP contribution in [0.2, 0.25) is 0 Å². The second-order valence-corrected chi connectivity index (χ2v) is 6.65. The van der Waals surface area contributed by atoms with Crippen molar-refractivity contribution in [3.8, 4) is 0 Å². The largest absolute Gasteiger partial charge is 0.442 e. The summed E-state index contributed by atoms with van der Waals surface area (Å²) in [5.41, 5.74) is 3.80. The van der Waals surface area contributed by atoms with Crippen molar-refractivity contribution in [1.82, 2.24) is 14.6 Å². The summed E-state index contributed by atoms with van der Waals surface area (Å²) in [5.74, 6) is -0.00251. The summed E-state index contributed by atoms with van der Waals surface area (Å²) in [7, 11) is 0. The molecule has 1 aliphatic heterocycles. The van der Waals surface area contributed by atoms with Crippen LogP contribution in [0.4, 0.5) is 10.6 Å². The SMILES string of the molecule is CC(C)(C)OC(=O)N(O)C[C@H]1O[C@@H](n2ccc(N)nc2=O)[C@H](O)[C@@H]1O. The molecule has 1 aromatic heterocycles. The molecule has 0 bridgehead atoms. The fraction of sp³-hybridized carbons (Fsp3) is 0.643. The molecule has 1 fully saturated rings. The fourth-order valence-electron chi connectivity index (χ4n) is 2.29. The maximum Gasteiger partial charge on any atom is 0.434 e. The van der Waals surface area contributed by atoms with Crippen LogP contribution in [0.5, 0.6) is 0 Å². The van der Waals surface area contributed by atoms with E-state index in [-0.39, 0.29) is 10.9 Å². The quantitative estimate of drug-likeness (QED) is 0.395. The van der Waals surface area contributed by atoms with Crippen molar-refractivity contribution in [2.75, 3.05) is 12.3 Å². The number of aliphatic hydroxyl groups excluding tert-OH is 2. The van der Waals surface area contributed by atoms with Crippen molar-refractivity contribution in [2.24, 2.45) is 0 Å². The first-order valence-corrected chi connectivity index (χ1v) is 7.55. The zero-order valence-electron chi connectivity index (χ0n) is 14.1. The number of anilines is 1. The first kappa shape index (κ1) is 19.1. The van der Waals surface area contributed by atoms with E-state index < -0.39 is 48.5 Å². The zero-order valence-corrected chi connectivity index (χ0v) is 14.1. The topological polar surface area (TPSA) is 160 Å². The Morgan fingerprint density at radius 2 is 2.08 bits per heavy atom. The number of carbonyl (C=O) groups is 1. The Labute approximate surface area is 143 Å². The number of nitrogens with zero attached hydrogens (tertiary/aromatic N) is 3. The van der Waals surface area contributed by atoms with Crippen LogP contribution in [0.15, 0.2) is 17.1 Å².